The monoisotopic (exact) mass is 265 g/mol. The molecule has 3 unspecified atom stereocenters. The molecule has 104 valence electrons. The summed E-state index contributed by atoms with van der Waals surface area (Å²) < 4.78 is 10.9. The lowest BCUT2D eigenvalue weighted by molar-refractivity contribution is -0.141. The summed E-state index contributed by atoms with van der Waals surface area (Å²) in [4.78, 5) is 11.4. The number of hydrogen-bond acceptors (Lipinski definition) is 4. The Morgan fingerprint density at radius 3 is 2.79 bits per heavy atom. The Bertz CT molecular complexity index is 449. The zero-order valence-electron chi connectivity index (χ0n) is 11.1. The first-order chi connectivity index (χ1) is 9.11. The molecule has 1 aliphatic rings. The number of ether oxygens (including phenoxy) is 2. The zero-order valence-corrected chi connectivity index (χ0v) is 11.1. The van der Waals surface area contributed by atoms with Gasteiger partial charge in [0.25, 0.3) is 0 Å². The summed E-state index contributed by atoms with van der Waals surface area (Å²) >= 11 is 0. The molecule has 0 bridgehead atoms. The normalized spacial score (nSPS) is 23.9. The molecule has 1 aliphatic heterocycles. The SMILES string of the molecule is COc1ccccc1NC(C(=O)O)C1CCC(C)O1. The van der Waals surface area contributed by atoms with E-state index in [0.29, 0.717) is 11.4 Å². The molecule has 0 amide bonds. The van der Waals surface area contributed by atoms with Crippen molar-refractivity contribution in [1.82, 2.24) is 0 Å². The van der Waals surface area contributed by atoms with Crippen LogP contribution in [-0.2, 0) is 9.53 Å². The molecule has 0 saturated carbocycles. The van der Waals surface area contributed by atoms with Gasteiger partial charge in [0.05, 0.1) is 25.0 Å². The van der Waals surface area contributed by atoms with Gasteiger partial charge in [-0.3, -0.25) is 0 Å². The van der Waals surface area contributed by atoms with Gasteiger partial charge in [-0.25, -0.2) is 4.79 Å². The van der Waals surface area contributed by atoms with E-state index in [1.54, 1.807) is 19.2 Å². The first-order valence-electron chi connectivity index (χ1n) is 6.39. The predicted molar refractivity (Wildman–Crippen MR) is 71.6 cm³/mol. The van der Waals surface area contributed by atoms with Gasteiger partial charge in [-0.2, -0.15) is 0 Å². The number of para-hydroxylation sites is 2. The molecule has 3 atom stereocenters. The van der Waals surface area contributed by atoms with E-state index in [1.165, 1.54) is 0 Å². The summed E-state index contributed by atoms with van der Waals surface area (Å²) in [6.45, 7) is 1.96. The molecule has 2 rings (SSSR count). The smallest absolute Gasteiger partial charge is 0.328 e. The number of carboxylic acids is 1. The van der Waals surface area contributed by atoms with Crippen molar-refractivity contribution in [1.29, 1.82) is 0 Å². The van der Waals surface area contributed by atoms with Crippen LogP contribution in [0.25, 0.3) is 0 Å². The van der Waals surface area contributed by atoms with E-state index in [-0.39, 0.29) is 12.2 Å². The molecule has 0 aliphatic carbocycles. The number of aliphatic carboxylic acids is 1. The van der Waals surface area contributed by atoms with Crippen LogP contribution in [-0.4, -0.2) is 36.4 Å². The minimum absolute atomic E-state index is 0.117. The number of methoxy groups -OCH3 is 1. The molecule has 1 aromatic carbocycles. The second-order valence-corrected chi connectivity index (χ2v) is 4.72. The van der Waals surface area contributed by atoms with E-state index in [2.05, 4.69) is 5.32 Å². The maximum atomic E-state index is 11.4. The molecule has 19 heavy (non-hydrogen) atoms. The molecule has 1 saturated heterocycles. The molecule has 2 N–H and O–H groups in total. The van der Waals surface area contributed by atoms with Gasteiger partial charge in [-0.1, -0.05) is 12.1 Å². The molecular weight excluding hydrogens is 246 g/mol. The van der Waals surface area contributed by atoms with Gasteiger partial charge in [0.2, 0.25) is 0 Å². The quantitative estimate of drug-likeness (QED) is 0.853. The van der Waals surface area contributed by atoms with Crippen molar-refractivity contribution in [2.75, 3.05) is 12.4 Å². The fourth-order valence-electron chi connectivity index (χ4n) is 2.32. The molecule has 1 aromatic rings. The van der Waals surface area contributed by atoms with Crippen LogP contribution in [0.3, 0.4) is 0 Å². The highest BCUT2D eigenvalue weighted by atomic mass is 16.5. The van der Waals surface area contributed by atoms with Gasteiger partial charge < -0.3 is 19.9 Å². The van der Waals surface area contributed by atoms with E-state index in [0.717, 1.165) is 12.8 Å². The lowest BCUT2D eigenvalue weighted by Crippen LogP contribution is -2.40. The standard InChI is InChI=1S/C14H19NO4/c1-9-7-8-12(19-9)13(14(16)17)15-10-5-3-4-6-11(10)18-2/h3-6,9,12-13,15H,7-8H2,1-2H3,(H,16,17). The second-order valence-electron chi connectivity index (χ2n) is 4.72. The van der Waals surface area contributed by atoms with E-state index < -0.39 is 12.0 Å². The Labute approximate surface area is 112 Å². The molecule has 5 heteroatoms. The zero-order chi connectivity index (χ0) is 13.8. The molecule has 1 fully saturated rings. The highest BCUT2D eigenvalue weighted by Crippen LogP contribution is 2.28. The van der Waals surface area contributed by atoms with Gasteiger partial charge in [0.15, 0.2) is 6.04 Å². The van der Waals surface area contributed by atoms with Crippen LogP contribution in [0, 0.1) is 0 Å². The van der Waals surface area contributed by atoms with Crippen LogP contribution in [0.2, 0.25) is 0 Å². The summed E-state index contributed by atoms with van der Waals surface area (Å²) in [5, 5.41) is 12.4. The Balaban J connectivity index is 2.14. The topological polar surface area (TPSA) is 67.8 Å². The molecule has 0 radical (unpaired) electrons. The second kappa shape index (κ2) is 5.93. The lowest BCUT2D eigenvalue weighted by Gasteiger charge is -2.23. The third-order valence-electron chi connectivity index (χ3n) is 3.32. The number of carbonyl (C=O) groups is 1. The first kappa shape index (κ1) is 13.7. The number of carboxylic acid groups (broad SMARTS) is 1. The van der Waals surface area contributed by atoms with Gasteiger partial charge in [0.1, 0.15) is 5.75 Å². The fourth-order valence-corrected chi connectivity index (χ4v) is 2.32. The van der Waals surface area contributed by atoms with E-state index in [4.69, 9.17) is 9.47 Å². The fraction of sp³-hybridized carbons (Fsp3) is 0.500. The third kappa shape index (κ3) is 3.17. The number of nitrogens with one attached hydrogen (secondary N) is 1. The number of anilines is 1. The van der Waals surface area contributed by atoms with Crippen LogP contribution in [0.1, 0.15) is 19.8 Å². The van der Waals surface area contributed by atoms with Crippen molar-refractivity contribution in [3.8, 4) is 5.75 Å². The van der Waals surface area contributed by atoms with Crippen LogP contribution in [0.15, 0.2) is 24.3 Å². The number of hydrogen-bond donors (Lipinski definition) is 2. The van der Waals surface area contributed by atoms with Crippen LogP contribution in [0.5, 0.6) is 5.75 Å². The Kier molecular flexibility index (Phi) is 4.27. The summed E-state index contributed by atoms with van der Waals surface area (Å²) in [7, 11) is 1.56. The summed E-state index contributed by atoms with van der Waals surface area (Å²) in [6, 6.07) is 6.50. The summed E-state index contributed by atoms with van der Waals surface area (Å²) in [5.74, 6) is -0.287. The van der Waals surface area contributed by atoms with Gasteiger partial charge in [-0.05, 0) is 31.9 Å². The average Bonchev–Trinajstić information content (AvgIpc) is 2.82. The van der Waals surface area contributed by atoms with Crippen molar-refractivity contribution in [3.63, 3.8) is 0 Å². The van der Waals surface area contributed by atoms with Gasteiger partial charge in [0, 0.05) is 0 Å². The van der Waals surface area contributed by atoms with Crippen molar-refractivity contribution in [3.05, 3.63) is 24.3 Å². The minimum Gasteiger partial charge on any atom is -0.495 e. The van der Waals surface area contributed by atoms with Crippen LogP contribution >= 0.6 is 0 Å². The van der Waals surface area contributed by atoms with E-state index in [9.17, 15) is 9.90 Å². The third-order valence-corrected chi connectivity index (χ3v) is 3.32. The van der Waals surface area contributed by atoms with Gasteiger partial charge >= 0.3 is 5.97 Å². The molecule has 1 heterocycles. The molecular formula is C14H19NO4. The molecule has 0 spiro atoms. The van der Waals surface area contributed by atoms with Gasteiger partial charge in [-0.15, -0.1) is 0 Å². The first-order valence-corrected chi connectivity index (χ1v) is 6.39. The van der Waals surface area contributed by atoms with E-state index in [1.807, 2.05) is 19.1 Å². The number of benzene rings is 1. The maximum absolute atomic E-state index is 11.4. The van der Waals surface area contributed by atoms with Crippen LogP contribution in [0.4, 0.5) is 5.69 Å². The maximum Gasteiger partial charge on any atom is 0.328 e. The van der Waals surface area contributed by atoms with Crippen molar-refractivity contribution in [2.24, 2.45) is 0 Å². The Morgan fingerprint density at radius 2 is 2.21 bits per heavy atom. The molecule has 5 nitrogen and oxygen atoms in total. The Hall–Kier alpha value is -1.75. The number of rotatable bonds is 5. The predicted octanol–water partition coefficient (Wildman–Crippen LogP) is 2.13. The largest absolute Gasteiger partial charge is 0.495 e. The average molecular weight is 265 g/mol. The lowest BCUT2D eigenvalue weighted by atomic mass is 10.1. The molecule has 0 aromatic heterocycles. The highest BCUT2D eigenvalue weighted by molar-refractivity contribution is 5.79. The Morgan fingerprint density at radius 1 is 1.47 bits per heavy atom. The van der Waals surface area contributed by atoms with Crippen molar-refractivity contribution >= 4 is 11.7 Å². The summed E-state index contributed by atoms with van der Waals surface area (Å²) in [5.41, 5.74) is 0.667. The minimum atomic E-state index is -0.912. The van der Waals surface area contributed by atoms with E-state index >= 15 is 0 Å². The van der Waals surface area contributed by atoms with Crippen LogP contribution < -0.4 is 10.1 Å². The summed E-state index contributed by atoms with van der Waals surface area (Å²) in [6.07, 6.45) is 1.45. The van der Waals surface area contributed by atoms with Crippen molar-refractivity contribution in [2.45, 2.75) is 38.0 Å². The van der Waals surface area contributed by atoms with Crippen molar-refractivity contribution < 1.29 is 19.4 Å². The highest BCUT2D eigenvalue weighted by Gasteiger charge is 2.34.